The van der Waals surface area contributed by atoms with Crippen LogP contribution in [-0.2, 0) is 12.5 Å². The molecular formula is C20H22N8O2. The maximum Gasteiger partial charge on any atom is 0.349 e. The van der Waals surface area contributed by atoms with E-state index in [2.05, 4.69) is 30.1 Å². The lowest BCUT2D eigenvalue weighted by atomic mass is 9.96. The second-order valence-electron chi connectivity index (χ2n) is 7.94. The number of nitrogens with one attached hydrogen (secondary N) is 1. The summed E-state index contributed by atoms with van der Waals surface area (Å²) in [6, 6.07) is 5.15. The van der Waals surface area contributed by atoms with Crippen molar-refractivity contribution >= 4 is 0 Å². The van der Waals surface area contributed by atoms with Crippen LogP contribution >= 0.6 is 0 Å². The van der Waals surface area contributed by atoms with E-state index in [0.29, 0.717) is 34.7 Å². The molecule has 0 amide bonds. The highest BCUT2D eigenvalue weighted by atomic mass is 16.5. The third-order valence-electron chi connectivity index (χ3n) is 4.42. The van der Waals surface area contributed by atoms with Crippen LogP contribution in [0.5, 0.6) is 11.6 Å². The predicted octanol–water partition coefficient (Wildman–Crippen LogP) is 2.54. The number of pyridine rings is 1. The van der Waals surface area contributed by atoms with Crippen LogP contribution in [0.1, 0.15) is 32.3 Å². The summed E-state index contributed by atoms with van der Waals surface area (Å²) in [7, 11) is 1.84. The summed E-state index contributed by atoms with van der Waals surface area (Å²) in [5.74, 6) is 1.91. The summed E-state index contributed by atoms with van der Waals surface area (Å²) in [6.07, 6.45) is 5.02. The molecule has 0 bridgehead atoms. The highest BCUT2D eigenvalue weighted by molar-refractivity contribution is 5.57. The van der Waals surface area contributed by atoms with Crippen molar-refractivity contribution in [3.05, 3.63) is 58.9 Å². The van der Waals surface area contributed by atoms with Gasteiger partial charge in [-0.3, -0.25) is 9.67 Å². The summed E-state index contributed by atoms with van der Waals surface area (Å²) in [5, 5.41) is 8.52. The molecule has 0 saturated carbocycles. The summed E-state index contributed by atoms with van der Waals surface area (Å²) >= 11 is 0. The van der Waals surface area contributed by atoms with Crippen molar-refractivity contribution < 1.29 is 4.74 Å². The van der Waals surface area contributed by atoms with Crippen molar-refractivity contribution in [1.82, 2.24) is 39.5 Å². The average molecular weight is 406 g/mol. The van der Waals surface area contributed by atoms with Gasteiger partial charge in [0.15, 0.2) is 11.6 Å². The lowest BCUT2D eigenvalue weighted by molar-refractivity contribution is 0.455. The molecule has 0 saturated heterocycles. The molecule has 10 nitrogen and oxygen atoms in total. The van der Waals surface area contributed by atoms with E-state index in [9.17, 15) is 4.79 Å². The van der Waals surface area contributed by atoms with Gasteiger partial charge in [-0.25, -0.2) is 19.7 Å². The van der Waals surface area contributed by atoms with Gasteiger partial charge < -0.3 is 4.74 Å². The number of rotatable bonds is 4. The fraction of sp³-hybridized carbons (Fsp3) is 0.300. The average Bonchev–Trinajstić information content (AvgIpc) is 3.29. The van der Waals surface area contributed by atoms with Gasteiger partial charge in [0.2, 0.25) is 5.88 Å². The minimum absolute atomic E-state index is 0.276. The highest BCUT2D eigenvalue weighted by Gasteiger charge is 2.21. The molecule has 0 aliphatic heterocycles. The molecule has 4 aromatic heterocycles. The van der Waals surface area contributed by atoms with Gasteiger partial charge in [-0.2, -0.15) is 9.78 Å². The molecule has 10 heteroatoms. The highest BCUT2D eigenvalue weighted by Crippen LogP contribution is 2.26. The van der Waals surface area contributed by atoms with Gasteiger partial charge in [-0.15, -0.1) is 5.10 Å². The Hall–Kier alpha value is -3.82. The number of H-pyrrole nitrogens is 1. The third-order valence-corrected chi connectivity index (χ3v) is 4.42. The number of nitrogens with zero attached hydrogens (tertiary/aromatic N) is 7. The summed E-state index contributed by atoms with van der Waals surface area (Å²) < 4.78 is 8.86. The summed E-state index contributed by atoms with van der Waals surface area (Å²) in [4.78, 5) is 28.0. The molecule has 0 aliphatic rings. The van der Waals surface area contributed by atoms with Gasteiger partial charge in [0, 0.05) is 30.3 Å². The Balaban J connectivity index is 1.61. The Morgan fingerprint density at radius 1 is 1.17 bits per heavy atom. The Labute approximate surface area is 172 Å². The zero-order valence-corrected chi connectivity index (χ0v) is 17.4. The zero-order chi connectivity index (χ0) is 21.5. The SMILES string of the molecule is Cc1nc(-n2nc(C(C)(C)C)[nH]c2=O)ccc1Oc1cc(-c2cnn(C)c2)ncn1. The molecule has 0 atom stereocenters. The monoisotopic (exact) mass is 406 g/mol. The van der Waals surface area contributed by atoms with Crippen LogP contribution in [-0.4, -0.2) is 39.5 Å². The molecule has 4 rings (SSSR count). The molecule has 4 aromatic rings. The minimum Gasteiger partial charge on any atom is -0.437 e. The summed E-state index contributed by atoms with van der Waals surface area (Å²) in [5.41, 5.74) is 1.55. The van der Waals surface area contributed by atoms with Crippen molar-refractivity contribution in [2.45, 2.75) is 33.1 Å². The van der Waals surface area contributed by atoms with Crippen molar-refractivity contribution in [1.29, 1.82) is 0 Å². The molecule has 0 spiro atoms. The Morgan fingerprint density at radius 2 is 1.97 bits per heavy atom. The van der Waals surface area contributed by atoms with Crippen molar-refractivity contribution in [3.63, 3.8) is 0 Å². The van der Waals surface area contributed by atoms with Gasteiger partial charge in [-0.05, 0) is 19.1 Å². The van der Waals surface area contributed by atoms with E-state index in [1.807, 2.05) is 34.0 Å². The fourth-order valence-electron chi connectivity index (χ4n) is 2.80. The third kappa shape index (κ3) is 3.84. The first-order valence-corrected chi connectivity index (χ1v) is 9.37. The van der Waals surface area contributed by atoms with Crippen LogP contribution in [0.3, 0.4) is 0 Å². The molecule has 1 N–H and O–H groups in total. The first-order chi connectivity index (χ1) is 14.2. The first kappa shape index (κ1) is 19.5. The fourth-order valence-corrected chi connectivity index (χ4v) is 2.80. The van der Waals surface area contributed by atoms with E-state index >= 15 is 0 Å². The summed E-state index contributed by atoms with van der Waals surface area (Å²) in [6.45, 7) is 7.73. The first-order valence-electron chi connectivity index (χ1n) is 9.37. The van der Waals surface area contributed by atoms with Crippen molar-refractivity contribution in [2.75, 3.05) is 0 Å². The number of hydrogen-bond acceptors (Lipinski definition) is 7. The number of aromatic amines is 1. The Morgan fingerprint density at radius 3 is 2.60 bits per heavy atom. The Bertz CT molecular complexity index is 1260. The molecule has 30 heavy (non-hydrogen) atoms. The normalized spacial score (nSPS) is 11.6. The smallest absolute Gasteiger partial charge is 0.349 e. The molecule has 4 heterocycles. The van der Waals surface area contributed by atoms with Crippen LogP contribution in [0.2, 0.25) is 0 Å². The van der Waals surface area contributed by atoms with E-state index in [4.69, 9.17) is 4.74 Å². The van der Waals surface area contributed by atoms with E-state index in [0.717, 1.165) is 5.56 Å². The zero-order valence-electron chi connectivity index (χ0n) is 17.4. The molecule has 154 valence electrons. The molecule has 0 radical (unpaired) electrons. The van der Waals surface area contributed by atoms with E-state index in [1.54, 1.807) is 36.0 Å². The van der Waals surface area contributed by atoms with Gasteiger partial charge >= 0.3 is 5.69 Å². The molecule has 0 aromatic carbocycles. The predicted molar refractivity (Wildman–Crippen MR) is 110 cm³/mol. The largest absolute Gasteiger partial charge is 0.437 e. The lowest BCUT2D eigenvalue weighted by Gasteiger charge is -2.13. The quantitative estimate of drug-likeness (QED) is 0.553. The van der Waals surface area contributed by atoms with Crippen LogP contribution in [0.4, 0.5) is 0 Å². The number of hydrogen-bond donors (Lipinski definition) is 1. The molecule has 0 fully saturated rings. The second-order valence-corrected chi connectivity index (χ2v) is 7.94. The van der Waals surface area contributed by atoms with Gasteiger partial charge in [-0.1, -0.05) is 20.8 Å². The molecule has 0 unspecified atom stereocenters. The van der Waals surface area contributed by atoms with Crippen molar-refractivity contribution in [2.24, 2.45) is 7.05 Å². The maximum absolute atomic E-state index is 12.3. The van der Waals surface area contributed by atoms with Crippen molar-refractivity contribution in [3.8, 4) is 28.7 Å². The maximum atomic E-state index is 12.3. The van der Waals surface area contributed by atoms with E-state index < -0.39 is 0 Å². The molecular weight excluding hydrogens is 384 g/mol. The minimum atomic E-state index is -0.336. The number of aromatic nitrogens is 8. The van der Waals surface area contributed by atoms with Gasteiger partial charge in [0.25, 0.3) is 0 Å². The van der Waals surface area contributed by atoms with Crippen LogP contribution in [0.15, 0.2) is 41.7 Å². The topological polar surface area (TPSA) is 116 Å². The van der Waals surface area contributed by atoms with Crippen LogP contribution in [0, 0.1) is 6.92 Å². The molecule has 0 aliphatic carbocycles. The number of ether oxygens (including phenoxy) is 1. The van der Waals surface area contributed by atoms with Gasteiger partial charge in [0.05, 0.1) is 17.6 Å². The lowest BCUT2D eigenvalue weighted by Crippen LogP contribution is -2.17. The Kier molecular flexibility index (Phi) is 4.69. The second kappa shape index (κ2) is 7.21. The van der Waals surface area contributed by atoms with E-state index in [1.165, 1.54) is 11.0 Å². The van der Waals surface area contributed by atoms with Crippen LogP contribution in [0.25, 0.3) is 17.1 Å². The van der Waals surface area contributed by atoms with Crippen LogP contribution < -0.4 is 10.4 Å². The standard InChI is InChI=1S/C20H22N8O2/c1-12-15(30-17-8-14(21-11-22-17)13-9-23-27(5)10-13)6-7-16(24-12)28-19(29)25-18(26-28)20(2,3)4/h6-11H,1-5H3,(H,25,26,29). The van der Waals surface area contributed by atoms with E-state index in [-0.39, 0.29) is 11.1 Å². The van der Waals surface area contributed by atoms with Gasteiger partial charge in [0.1, 0.15) is 12.2 Å². The number of aryl methyl sites for hydroxylation is 2.